The average Bonchev–Trinajstić information content (AvgIpc) is 2.30. The van der Waals surface area contributed by atoms with Crippen molar-refractivity contribution in [2.24, 2.45) is 0 Å². The van der Waals surface area contributed by atoms with Crippen LogP contribution in [0, 0.1) is 0 Å². The van der Waals surface area contributed by atoms with E-state index in [4.69, 9.17) is 9.47 Å². The van der Waals surface area contributed by atoms with Crippen LogP contribution in [0.1, 0.15) is 12.5 Å². The van der Waals surface area contributed by atoms with Crippen molar-refractivity contribution < 1.29 is 9.47 Å². The number of hydrogen-bond donors (Lipinski definition) is 1. The predicted molar refractivity (Wildman–Crippen MR) is 81.0 cm³/mol. The quantitative estimate of drug-likeness (QED) is 0.610. The molecule has 0 bridgehead atoms. The highest BCUT2D eigenvalue weighted by Crippen LogP contribution is 2.36. The van der Waals surface area contributed by atoms with Crippen molar-refractivity contribution in [2.45, 2.75) is 13.5 Å². The minimum absolute atomic E-state index is 0. The molecule has 0 spiro atoms. The maximum Gasteiger partial charge on any atom is 0.174 e. The summed E-state index contributed by atoms with van der Waals surface area (Å²) in [6.07, 6.45) is 1.84. The summed E-state index contributed by atoms with van der Waals surface area (Å²) in [4.78, 5) is 0. The monoisotopic (exact) mass is 335 g/mol. The molecule has 0 saturated carbocycles. The number of benzene rings is 1. The third kappa shape index (κ3) is 4.88. The summed E-state index contributed by atoms with van der Waals surface area (Å²) in [5, 5.41) is 3.25. The Hall–Kier alpha value is -0.710. The van der Waals surface area contributed by atoms with Crippen molar-refractivity contribution in [1.29, 1.82) is 0 Å². The Labute approximate surface area is 123 Å². The van der Waals surface area contributed by atoms with Crippen molar-refractivity contribution >= 4 is 28.3 Å². The van der Waals surface area contributed by atoms with E-state index in [9.17, 15) is 0 Å². The number of nitrogens with one attached hydrogen (secondary N) is 1. The van der Waals surface area contributed by atoms with Gasteiger partial charge in [-0.1, -0.05) is 6.08 Å². The van der Waals surface area contributed by atoms with E-state index in [0.717, 1.165) is 34.6 Å². The Morgan fingerprint density at radius 1 is 1.44 bits per heavy atom. The lowest BCUT2D eigenvalue weighted by Gasteiger charge is -2.13. The molecule has 0 aromatic heterocycles. The summed E-state index contributed by atoms with van der Waals surface area (Å²) in [5.74, 6) is 1.50. The minimum Gasteiger partial charge on any atom is -0.492 e. The van der Waals surface area contributed by atoms with Gasteiger partial charge in [0.1, 0.15) is 0 Å². The van der Waals surface area contributed by atoms with Gasteiger partial charge in [0, 0.05) is 13.1 Å². The molecule has 0 unspecified atom stereocenters. The first kappa shape index (κ1) is 17.3. The predicted octanol–water partition coefficient (Wildman–Crippen LogP) is 3.55. The highest BCUT2D eigenvalue weighted by atomic mass is 79.9. The molecule has 1 aromatic rings. The Bertz CT molecular complexity index is 385. The molecule has 3 nitrogen and oxygen atoms in total. The van der Waals surface area contributed by atoms with Gasteiger partial charge in [-0.2, -0.15) is 0 Å². The zero-order chi connectivity index (χ0) is 12.7. The summed E-state index contributed by atoms with van der Waals surface area (Å²) in [6.45, 7) is 7.80. The molecule has 0 fully saturated rings. The van der Waals surface area contributed by atoms with Gasteiger partial charge in [0.2, 0.25) is 0 Å². The summed E-state index contributed by atoms with van der Waals surface area (Å²) in [5.41, 5.74) is 1.14. The van der Waals surface area contributed by atoms with Crippen molar-refractivity contribution in [3.8, 4) is 11.5 Å². The lowest BCUT2D eigenvalue weighted by molar-refractivity contribution is 0.309. The van der Waals surface area contributed by atoms with Gasteiger partial charge in [0.25, 0.3) is 0 Å². The van der Waals surface area contributed by atoms with Gasteiger partial charge in [0.05, 0.1) is 18.2 Å². The maximum absolute atomic E-state index is 5.55. The molecule has 0 radical (unpaired) electrons. The zero-order valence-corrected chi connectivity index (χ0v) is 13.1. The zero-order valence-electron chi connectivity index (χ0n) is 10.7. The van der Waals surface area contributed by atoms with E-state index in [1.165, 1.54) is 0 Å². The Morgan fingerprint density at radius 3 is 2.72 bits per heavy atom. The van der Waals surface area contributed by atoms with Gasteiger partial charge >= 0.3 is 0 Å². The molecule has 5 heteroatoms. The molecule has 0 aliphatic heterocycles. The molecule has 0 saturated heterocycles. The Morgan fingerprint density at radius 2 is 2.17 bits per heavy atom. The molecule has 0 heterocycles. The second-order valence-corrected chi connectivity index (χ2v) is 4.32. The molecule has 0 aliphatic rings. The fourth-order valence-electron chi connectivity index (χ4n) is 1.50. The first-order valence-electron chi connectivity index (χ1n) is 5.53. The fourth-order valence-corrected chi connectivity index (χ4v) is 2.15. The Kier molecular flexibility index (Phi) is 8.89. The number of ether oxygens (including phenoxy) is 2. The Balaban J connectivity index is 0.00000289. The molecule has 18 heavy (non-hydrogen) atoms. The van der Waals surface area contributed by atoms with Crippen LogP contribution < -0.4 is 14.8 Å². The summed E-state index contributed by atoms with van der Waals surface area (Å²) in [7, 11) is 1.64. The van der Waals surface area contributed by atoms with E-state index in [0.29, 0.717) is 6.61 Å². The van der Waals surface area contributed by atoms with E-state index in [2.05, 4.69) is 27.8 Å². The molecule has 1 rings (SSSR count). The molecule has 102 valence electrons. The summed E-state index contributed by atoms with van der Waals surface area (Å²) in [6, 6.07) is 4.01. The fraction of sp³-hybridized carbons (Fsp3) is 0.385. The second kappa shape index (κ2) is 9.25. The molecule has 1 aromatic carbocycles. The normalized spacial score (nSPS) is 9.50. The number of methoxy groups -OCH3 is 1. The van der Waals surface area contributed by atoms with Crippen molar-refractivity contribution in [3.05, 3.63) is 34.8 Å². The highest BCUT2D eigenvalue weighted by Gasteiger charge is 2.10. The maximum atomic E-state index is 5.55. The van der Waals surface area contributed by atoms with Gasteiger partial charge < -0.3 is 14.8 Å². The third-order valence-corrected chi connectivity index (χ3v) is 2.78. The SMILES string of the molecule is C=CCNCc1cc(Br)c(OC)c(OCC)c1.Cl. The van der Waals surface area contributed by atoms with Gasteiger partial charge in [-0.3, -0.25) is 0 Å². The summed E-state index contributed by atoms with van der Waals surface area (Å²) >= 11 is 3.48. The number of hydrogen-bond acceptors (Lipinski definition) is 3. The summed E-state index contributed by atoms with van der Waals surface area (Å²) < 4.78 is 11.8. The van der Waals surface area contributed by atoms with E-state index >= 15 is 0 Å². The van der Waals surface area contributed by atoms with Crippen LogP contribution in [0.4, 0.5) is 0 Å². The van der Waals surface area contributed by atoms with E-state index < -0.39 is 0 Å². The molecule has 0 atom stereocenters. The van der Waals surface area contributed by atoms with Crippen LogP contribution in [-0.4, -0.2) is 20.3 Å². The van der Waals surface area contributed by atoms with E-state index in [-0.39, 0.29) is 12.4 Å². The first-order chi connectivity index (χ1) is 8.22. The molecule has 0 aliphatic carbocycles. The highest BCUT2D eigenvalue weighted by molar-refractivity contribution is 9.10. The average molecular weight is 337 g/mol. The minimum atomic E-state index is 0. The topological polar surface area (TPSA) is 30.5 Å². The van der Waals surface area contributed by atoms with Crippen molar-refractivity contribution in [3.63, 3.8) is 0 Å². The van der Waals surface area contributed by atoms with Crippen LogP contribution >= 0.6 is 28.3 Å². The van der Waals surface area contributed by atoms with Crippen LogP contribution in [0.15, 0.2) is 29.3 Å². The van der Waals surface area contributed by atoms with Crippen LogP contribution in [-0.2, 0) is 6.54 Å². The van der Waals surface area contributed by atoms with Crippen LogP contribution in [0.2, 0.25) is 0 Å². The van der Waals surface area contributed by atoms with Gasteiger partial charge in [-0.15, -0.1) is 19.0 Å². The van der Waals surface area contributed by atoms with Crippen LogP contribution in [0.5, 0.6) is 11.5 Å². The molecule has 0 amide bonds. The number of rotatable bonds is 7. The number of halogens is 2. The molecular formula is C13H19BrClNO2. The molecule has 1 N–H and O–H groups in total. The largest absolute Gasteiger partial charge is 0.492 e. The van der Waals surface area contributed by atoms with Gasteiger partial charge in [-0.25, -0.2) is 0 Å². The standard InChI is InChI=1S/C13H18BrNO2.ClH/c1-4-6-15-9-10-7-11(14)13(16-3)12(8-10)17-5-2;/h4,7-8,15H,1,5-6,9H2,2-3H3;1H. The van der Waals surface area contributed by atoms with Gasteiger partial charge in [-0.05, 0) is 40.5 Å². The molecular weight excluding hydrogens is 318 g/mol. The second-order valence-electron chi connectivity index (χ2n) is 3.46. The van der Waals surface area contributed by atoms with Crippen LogP contribution in [0.3, 0.4) is 0 Å². The lowest BCUT2D eigenvalue weighted by Crippen LogP contribution is -2.12. The first-order valence-corrected chi connectivity index (χ1v) is 6.33. The van der Waals surface area contributed by atoms with Crippen molar-refractivity contribution in [2.75, 3.05) is 20.3 Å². The van der Waals surface area contributed by atoms with Crippen LogP contribution in [0.25, 0.3) is 0 Å². The van der Waals surface area contributed by atoms with Gasteiger partial charge in [0.15, 0.2) is 11.5 Å². The lowest BCUT2D eigenvalue weighted by atomic mass is 10.2. The van der Waals surface area contributed by atoms with Crippen molar-refractivity contribution in [1.82, 2.24) is 5.32 Å². The third-order valence-electron chi connectivity index (χ3n) is 2.19. The van der Waals surface area contributed by atoms with E-state index in [1.54, 1.807) is 7.11 Å². The van der Waals surface area contributed by atoms with E-state index in [1.807, 2.05) is 25.1 Å². The smallest absolute Gasteiger partial charge is 0.174 e.